The van der Waals surface area contributed by atoms with Crippen molar-refractivity contribution in [1.82, 2.24) is 15.0 Å². The summed E-state index contributed by atoms with van der Waals surface area (Å²) in [6, 6.07) is 20.0. The van der Waals surface area contributed by atoms with Crippen molar-refractivity contribution in [2.75, 3.05) is 22.9 Å². The lowest BCUT2D eigenvalue weighted by atomic mass is 9.97. The van der Waals surface area contributed by atoms with Gasteiger partial charge in [-0.2, -0.15) is 26.3 Å². The second-order valence-corrected chi connectivity index (χ2v) is 12.0. The van der Waals surface area contributed by atoms with Crippen molar-refractivity contribution in [2.45, 2.75) is 44.9 Å². The van der Waals surface area contributed by atoms with Gasteiger partial charge in [-0.05, 0) is 59.7 Å². The number of anilines is 2. The second kappa shape index (κ2) is 14.2. The van der Waals surface area contributed by atoms with Crippen LogP contribution in [0.2, 0.25) is 0 Å². The smallest absolute Gasteiger partial charge is 0.416 e. The number of carboxylic acids is 1. The van der Waals surface area contributed by atoms with E-state index in [0.717, 1.165) is 16.3 Å². The van der Waals surface area contributed by atoms with Gasteiger partial charge in [-0.25, -0.2) is 15.0 Å². The molecule has 1 fully saturated rings. The number of aromatic nitrogens is 3. The number of rotatable bonds is 10. The van der Waals surface area contributed by atoms with Crippen molar-refractivity contribution in [2.24, 2.45) is 5.92 Å². The van der Waals surface area contributed by atoms with Gasteiger partial charge in [0.25, 0.3) is 0 Å². The first-order chi connectivity index (χ1) is 23.8. The fourth-order valence-electron chi connectivity index (χ4n) is 5.88. The molecular formula is C36H30F6N5O3-. The molecule has 1 aliphatic rings. The number of nitrogens with zero attached hydrogens (tertiary/aromatic N) is 5. The van der Waals surface area contributed by atoms with Crippen LogP contribution < -0.4 is 19.6 Å². The fraction of sp³-hybridized carbons (Fsp3) is 0.278. The number of benzene rings is 3. The Morgan fingerprint density at radius 3 is 2.06 bits per heavy atom. The van der Waals surface area contributed by atoms with E-state index in [-0.39, 0.29) is 30.7 Å². The summed E-state index contributed by atoms with van der Waals surface area (Å²) in [5.41, 5.74) is -1.23. The first-order valence-electron chi connectivity index (χ1n) is 15.7. The molecular weight excluding hydrogens is 664 g/mol. The maximum atomic E-state index is 13.8. The quantitative estimate of drug-likeness (QED) is 0.147. The van der Waals surface area contributed by atoms with Crippen molar-refractivity contribution < 1.29 is 41.0 Å². The maximum absolute atomic E-state index is 13.8. The Labute approximate surface area is 283 Å². The average molecular weight is 695 g/mol. The number of aliphatic carboxylic acids is 1. The Kier molecular flexibility index (Phi) is 9.80. The summed E-state index contributed by atoms with van der Waals surface area (Å²) >= 11 is 0. The van der Waals surface area contributed by atoms with E-state index in [1.165, 1.54) is 17.3 Å². The number of ether oxygens (including phenoxy) is 1. The fourth-order valence-corrected chi connectivity index (χ4v) is 5.88. The molecule has 0 radical (unpaired) electrons. The first-order valence-corrected chi connectivity index (χ1v) is 15.7. The highest BCUT2D eigenvalue weighted by Gasteiger charge is 2.37. The molecule has 0 unspecified atom stereocenters. The Balaban J connectivity index is 1.35. The van der Waals surface area contributed by atoms with Gasteiger partial charge in [0.15, 0.2) is 0 Å². The van der Waals surface area contributed by atoms with Crippen LogP contribution in [-0.4, -0.2) is 34.0 Å². The molecule has 1 saturated heterocycles. The molecule has 3 aromatic carbocycles. The zero-order valence-corrected chi connectivity index (χ0v) is 26.4. The van der Waals surface area contributed by atoms with Crippen molar-refractivity contribution >= 4 is 28.4 Å². The maximum Gasteiger partial charge on any atom is 0.416 e. The SMILES string of the molecule is O=C([O-])C1CCN(c2cnc(N(Cc3cc(C(F)(F)F)cc(C(F)(F)F)c3)Cc3cc4ccccc4c(OCc4ccccc4)n3)nc2)CC1. The van der Waals surface area contributed by atoms with Crippen molar-refractivity contribution in [3.8, 4) is 5.88 Å². The number of hydrogen-bond donors (Lipinski definition) is 0. The predicted molar refractivity (Wildman–Crippen MR) is 171 cm³/mol. The van der Waals surface area contributed by atoms with E-state index in [1.54, 1.807) is 6.07 Å². The molecule has 0 N–H and O–H groups in total. The summed E-state index contributed by atoms with van der Waals surface area (Å²) in [5.74, 6) is -1.33. The third kappa shape index (κ3) is 8.24. The molecule has 0 atom stereocenters. The molecule has 6 rings (SSSR count). The van der Waals surface area contributed by atoms with Gasteiger partial charge in [-0.3, -0.25) is 0 Å². The van der Waals surface area contributed by atoms with Crippen LogP contribution in [0.25, 0.3) is 10.8 Å². The zero-order chi connectivity index (χ0) is 35.5. The Morgan fingerprint density at radius 1 is 0.820 bits per heavy atom. The lowest BCUT2D eigenvalue weighted by Crippen LogP contribution is -2.41. The Morgan fingerprint density at radius 2 is 1.44 bits per heavy atom. The first kappa shape index (κ1) is 34.5. The van der Waals surface area contributed by atoms with Gasteiger partial charge in [-0.1, -0.05) is 48.5 Å². The normalized spacial score (nSPS) is 14.2. The minimum atomic E-state index is -5.02. The molecule has 0 bridgehead atoms. The van der Waals surface area contributed by atoms with Crippen molar-refractivity contribution in [3.05, 3.63) is 119 Å². The lowest BCUT2D eigenvalue weighted by Gasteiger charge is -2.33. The van der Waals surface area contributed by atoms with E-state index in [2.05, 4.69) is 9.97 Å². The highest BCUT2D eigenvalue weighted by Crippen LogP contribution is 2.37. The van der Waals surface area contributed by atoms with Crippen molar-refractivity contribution in [3.63, 3.8) is 0 Å². The standard InChI is InChI=1S/C36H31F6N5O3/c37-35(38,39)27-14-24(15-28(17-27)36(40,41)42)20-47(34-43-18-30(19-44-34)46-12-10-25(11-13-46)33(48)49)21-29-16-26-8-4-5-9-31(26)32(45-29)50-22-23-6-2-1-3-7-23/h1-9,14-19,25H,10-13,20-22H2,(H,48,49)/p-1. The molecule has 2 aromatic heterocycles. The van der Waals surface area contributed by atoms with Gasteiger partial charge in [0, 0.05) is 36.9 Å². The highest BCUT2D eigenvalue weighted by molar-refractivity contribution is 5.87. The number of carbonyl (C=O) groups is 1. The summed E-state index contributed by atoms with van der Waals surface area (Å²) in [7, 11) is 0. The molecule has 0 spiro atoms. The number of alkyl halides is 6. The second-order valence-electron chi connectivity index (χ2n) is 12.0. The highest BCUT2D eigenvalue weighted by atomic mass is 19.4. The monoisotopic (exact) mass is 694 g/mol. The van der Waals surface area contributed by atoms with Crippen LogP contribution in [0.1, 0.15) is 40.8 Å². The summed E-state index contributed by atoms with van der Waals surface area (Å²) < 4.78 is 88.6. The van der Waals surface area contributed by atoms with E-state index in [1.807, 2.05) is 59.5 Å². The van der Waals surface area contributed by atoms with E-state index in [0.29, 0.717) is 55.3 Å². The number of pyridine rings is 1. The van der Waals surface area contributed by atoms with Gasteiger partial charge in [-0.15, -0.1) is 0 Å². The van der Waals surface area contributed by atoms with E-state index >= 15 is 0 Å². The lowest BCUT2D eigenvalue weighted by molar-refractivity contribution is -0.312. The molecule has 0 saturated carbocycles. The van der Waals surface area contributed by atoms with Crippen molar-refractivity contribution in [1.29, 1.82) is 0 Å². The minimum Gasteiger partial charge on any atom is -0.550 e. The number of piperidine rings is 1. The Hall–Kier alpha value is -5.40. The van der Waals surface area contributed by atoms with Crippen LogP contribution in [-0.2, 0) is 36.8 Å². The summed E-state index contributed by atoms with van der Waals surface area (Å²) in [6.07, 6.45) is -6.32. The molecule has 5 aromatic rings. The van der Waals surface area contributed by atoms with Crippen LogP contribution in [0.5, 0.6) is 5.88 Å². The number of hydrogen-bond acceptors (Lipinski definition) is 8. The van der Waals surface area contributed by atoms with Gasteiger partial charge in [0.05, 0.1) is 41.4 Å². The number of fused-ring (bicyclic) bond motifs is 1. The number of halogens is 6. The summed E-state index contributed by atoms with van der Waals surface area (Å²) in [4.78, 5) is 28.2. The van der Waals surface area contributed by atoms with Gasteiger partial charge in [0.1, 0.15) is 6.61 Å². The van der Waals surface area contributed by atoms with Gasteiger partial charge in [0.2, 0.25) is 11.8 Å². The van der Waals surface area contributed by atoms with Crippen LogP contribution in [0.4, 0.5) is 38.0 Å². The molecule has 260 valence electrons. The van der Waals surface area contributed by atoms with E-state index in [9.17, 15) is 36.2 Å². The molecule has 0 aliphatic carbocycles. The third-order valence-electron chi connectivity index (χ3n) is 8.45. The number of carbonyl (C=O) groups excluding carboxylic acids is 1. The third-order valence-corrected chi connectivity index (χ3v) is 8.45. The van der Waals surface area contributed by atoms with Gasteiger partial charge < -0.3 is 24.4 Å². The van der Waals surface area contributed by atoms with Crippen LogP contribution in [0.3, 0.4) is 0 Å². The largest absolute Gasteiger partial charge is 0.550 e. The topological polar surface area (TPSA) is 94.5 Å². The molecule has 3 heterocycles. The molecule has 8 nitrogen and oxygen atoms in total. The summed E-state index contributed by atoms with van der Waals surface area (Å²) in [5, 5.41) is 12.7. The predicted octanol–water partition coefficient (Wildman–Crippen LogP) is 6.81. The van der Waals surface area contributed by atoms with E-state index in [4.69, 9.17) is 9.72 Å². The summed E-state index contributed by atoms with van der Waals surface area (Å²) in [6.45, 7) is 0.531. The molecule has 50 heavy (non-hydrogen) atoms. The van der Waals surface area contributed by atoms with E-state index < -0.39 is 41.9 Å². The molecule has 0 amide bonds. The molecule has 14 heteroatoms. The van der Waals surface area contributed by atoms with Crippen LogP contribution in [0, 0.1) is 5.92 Å². The zero-order valence-electron chi connectivity index (χ0n) is 26.4. The Bertz CT molecular complexity index is 1910. The minimum absolute atomic E-state index is 0.0334. The average Bonchev–Trinajstić information content (AvgIpc) is 3.10. The van der Waals surface area contributed by atoms with Gasteiger partial charge >= 0.3 is 12.4 Å². The number of carboxylic acid groups (broad SMARTS) is 1. The van der Waals surface area contributed by atoms with Crippen LogP contribution in [0.15, 0.2) is 91.3 Å². The molecule has 1 aliphatic heterocycles. The van der Waals surface area contributed by atoms with Crippen LogP contribution >= 0.6 is 0 Å².